The van der Waals surface area contributed by atoms with Crippen molar-refractivity contribution in [3.8, 4) is 11.5 Å². The van der Waals surface area contributed by atoms with E-state index in [-0.39, 0.29) is 17.5 Å². The van der Waals surface area contributed by atoms with E-state index in [0.29, 0.717) is 10.9 Å². The molecule has 5 heteroatoms. The van der Waals surface area contributed by atoms with E-state index in [1.807, 2.05) is 6.92 Å². The van der Waals surface area contributed by atoms with Crippen molar-refractivity contribution in [1.29, 1.82) is 0 Å². The first-order chi connectivity index (χ1) is 9.45. The molecule has 0 bridgehead atoms. The van der Waals surface area contributed by atoms with Crippen LogP contribution in [0.3, 0.4) is 0 Å². The summed E-state index contributed by atoms with van der Waals surface area (Å²) in [6.07, 6.45) is 0.584. The van der Waals surface area contributed by atoms with E-state index in [4.69, 9.17) is 10.5 Å². The topological polar surface area (TPSA) is 35.2 Å². The number of nitrogens with two attached hydrogens (primary N) is 1. The number of hydrogen-bond acceptors (Lipinski definition) is 2. The zero-order valence-electron chi connectivity index (χ0n) is 10.9. The summed E-state index contributed by atoms with van der Waals surface area (Å²) in [5.74, 6) is -0.676. The Balaban J connectivity index is 2.23. The summed E-state index contributed by atoms with van der Waals surface area (Å²) in [6, 6.07) is 8.59. The molecule has 0 fully saturated rings. The number of benzene rings is 2. The van der Waals surface area contributed by atoms with Crippen LogP contribution in [-0.2, 0) is 6.42 Å². The summed E-state index contributed by atoms with van der Waals surface area (Å²) in [5, 5.41) is 0. The minimum atomic E-state index is -0.501. The van der Waals surface area contributed by atoms with Gasteiger partial charge >= 0.3 is 0 Å². The first kappa shape index (κ1) is 14.9. The normalized spacial score (nSPS) is 12.2. The van der Waals surface area contributed by atoms with Crippen molar-refractivity contribution in [2.24, 2.45) is 5.73 Å². The van der Waals surface area contributed by atoms with Crippen LogP contribution in [0.25, 0.3) is 0 Å². The van der Waals surface area contributed by atoms with E-state index in [9.17, 15) is 8.78 Å². The summed E-state index contributed by atoms with van der Waals surface area (Å²) in [4.78, 5) is 0. The number of rotatable bonds is 4. The molecule has 2 aromatic rings. The van der Waals surface area contributed by atoms with Gasteiger partial charge in [-0.3, -0.25) is 0 Å². The van der Waals surface area contributed by atoms with Crippen LogP contribution in [0, 0.1) is 11.6 Å². The highest BCUT2D eigenvalue weighted by molar-refractivity contribution is 9.10. The lowest BCUT2D eigenvalue weighted by Crippen LogP contribution is -2.17. The molecular formula is C15H14BrF2NO. The third kappa shape index (κ3) is 3.77. The average molecular weight is 342 g/mol. The highest BCUT2D eigenvalue weighted by Gasteiger charge is 2.10. The highest BCUT2D eigenvalue weighted by atomic mass is 79.9. The van der Waals surface area contributed by atoms with Gasteiger partial charge in [0.25, 0.3) is 0 Å². The quantitative estimate of drug-likeness (QED) is 0.893. The van der Waals surface area contributed by atoms with Gasteiger partial charge in [-0.1, -0.05) is 6.07 Å². The van der Waals surface area contributed by atoms with E-state index >= 15 is 0 Å². The molecule has 0 amide bonds. The summed E-state index contributed by atoms with van der Waals surface area (Å²) in [7, 11) is 0. The molecule has 0 aliphatic heterocycles. The molecular weight excluding hydrogens is 328 g/mol. The Morgan fingerprint density at radius 3 is 2.55 bits per heavy atom. The minimum Gasteiger partial charge on any atom is -0.453 e. The van der Waals surface area contributed by atoms with Crippen molar-refractivity contribution < 1.29 is 13.5 Å². The van der Waals surface area contributed by atoms with Gasteiger partial charge in [-0.15, -0.1) is 0 Å². The Hall–Kier alpha value is -1.46. The first-order valence-corrected chi connectivity index (χ1v) is 6.92. The van der Waals surface area contributed by atoms with Crippen LogP contribution in [0.5, 0.6) is 11.5 Å². The fraction of sp³-hybridized carbons (Fsp3) is 0.200. The van der Waals surface area contributed by atoms with Gasteiger partial charge < -0.3 is 10.5 Å². The van der Waals surface area contributed by atoms with Crippen LogP contribution in [0.1, 0.15) is 12.5 Å². The van der Waals surface area contributed by atoms with Gasteiger partial charge in [-0.05, 0) is 59.1 Å². The third-order valence-electron chi connectivity index (χ3n) is 2.67. The van der Waals surface area contributed by atoms with Crippen molar-refractivity contribution >= 4 is 15.9 Å². The Morgan fingerprint density at radius 2 is 1.90 bits per heavy atom. The van der Waals surface area contributed by atoms with E-state index in [1.165, 1.54) is 30.3 Å². The van der Waals surface area contributed by atoms with Crippen molar-refractivity contribution in [2.75, 3.05) is 0 Å². The van der Waals surface area contributed by atoms with Gasteiger partial charge in [0.15, 0.2) is 11.6 Å². The molecule has 0 aromatic heterocycles. The second-order valence-corrected chi connectivity index (χ2v) is 5.48. The van der Waals surface area contributed by atoms with Gasteiger partial charge in [-0.25, -0.2) is 8.78 Å². The maximum Gasteiger partial charge on any atom is 0.165 e. The van der Waals surface area contributed by atoms with Crippen LogP contribution in [0.2, 0.25) is 0 Å². The number of hydrogen-bond donors (Lipinski definition) is 1. The predicted octanol–water partition coefficient (Wildman–Crippen LogP) is 4.41. The fourth-order valence-corrected chi connectivity index (χ4v) is 2.13. The van der Waals surface area contributed by atoms with E-state index in [2.05, 4.69) is 15.9 Å². The lowest BCUT2D eigenvalue weighted by molar-refractivity contribution is 0.435. The molecule has 0 saturated carbocycles. The lowest BCUT2D eigenvalue weighted by atomic mass is 10.1. The van der Waals surface area contributed by atoms with Gasteiger partial charge in [0, 0.05) is 12.1 Å². The average Bonchev–Trinajstić information content (AvgIpc) is 2.36. The molecule has 106 valence electrons. The van der Waals surface area contributed by atoms with Crippen LogP contribution in [-0.4, -0.2) is 6.04 Å². The molecule has 0 saturated heterocycles. The van der Waals surface area contributed by atoms with Gasteiger partial charge in [0.1, 0.15) is 11.6 Å². The largest absolute Gasteiger partial charge is 0.453 e. The Kier molecular flexibility index (Phi) is 4.73. The second-order valence-electron chi connectivity index (χ2n) is 4.62. The molecule has 0 spiro atoms. The van der Waals surface area contributed by atoms with Crippen molar-refractivity contribution in [3.63, 3.8) is 0 Å². The molecule has 2 N–H and O–H groups in total. The maximum absolute atomic E-state index is 13.9. The van der Waals surface area contributed by atoms with Gasteiger partial charge in [0.2, 0.25) is 0 Å². The summed E-state index contributed by atoms with van der Waals surface area (Å²) < 4.78 is 33.0. The highest BCUT2D eigenvalue weighted by Crippen LogP contribution is 2.32. The Bertz CT molecular complexity index is 617. The minimum absolute atomic E-state index is 0.0430. The standard InChI is InChI=1S/C15H14BrF2NO/c1-9(19)6-10-2-5-14(13(18)7-10)20-15-8-11(17)3-4-12(15)16/h2-5,7-9H,6,19H2,1H3. The maximum atomic E-state index is 13.9. The summed E-state index contributed by atoms with van der Waals surface area (Å²) in [5.41, 5.74) is 6.47. The second kappa shape index (κ2) is 6.33. The first-order valence-electron chi connectivity index (χ1n) is 6.12. The number of halogens is 3. The Labute approximate surface area is 124 Å². The molecule has 0 heterocycles. The molecule has 2 rings (SSSR count). The van der Waals surface area contributed by atoms with E-state index < -0.39 is 11.6 Å². The zero-order valence-corrected chi connectivity index (χ0v) is 12.5. The molecule has 0 radical (unpaired) electrons. The molecule has 0 aliphatic carbocycles. The lowest BCUT2D eigenvalue weighted by Gasteiger charge is -2.11. The van der Waals surface area contributed by atoms with Crippen molar-refractivity contribution in [3.05, 3.63) is 58.1 Å². The third-order valence-corrected chi connectivity index (χ3v) is 3.32. The number of ether oxygens (including phenoxy) is 1. The molecule has 1 unspecified atom stereocenters. The van der Waals surface area contributed by atoms with Gasteiger partial charge in [-0.2, -0.15) is 0 Å². The van der Waals surface area contributed by atoms with Crippen LogP contribution < -0.4 is 10.5 Å². The van der Waals surface area contributed by atoms with Crippen molar-refractivity contribution in [1.82, 2.24) is 0 Å². The van der Waals surface area contributed by atoms with Crippen molar-refractivity contribution in [2.45, 2.75) is 19.4 Å². The summed E-state index contributed by atoms with van der Waals surface area (Å²) in [6.45, 7) is 1.85. The molecule has 1 atom stereocenters. The monoisotopic (exact) mass is 341 g/mol. The molecule has 2 nitrogen and oxygen atoms in total. The van der Waals surface area contributed by atoms with Crippen LogP contribution in [0.4, 0.5) is 8.78 Å². The van der Waals surface area contributed by atoms with Crippen LogP contribution >= 0.6 is 15.9 Å². The SMILES string of the molecule is CC(N)Cc1ccc(Oc2cc(F)ccc2Br)c(F)c1. The Morgan fingerprint density at radius 1 is 1.15 bits per heavy atom. The summed E-state index contributed by atoms with van der Waals surface area (Å²) >= 11 is 3.23. The van der Waals surface area contributed by atoms with Crippen LogP contribution in [0.15, 0.2) is 40.9 Å². The molecule has 2 aromatic carbocycles. The zero-order chi connectivity index (χ0) is 14.7. The van der Waals surface area contributed by atoms with E-state index in [1.54, 1.807) is 6.07 Å². The molecule has 20 heavy (non-hydrogen) atoms. The fourth-order valence-electron chi connectivity index (χ4n) is 1.80. The van der Waals surface area contributed by atoms with Gasteiger partial charge in [0.05, 0.1) is 4.47 Å². The van der Waals surface area contributed by atoms with E-state index in [0.717, 1.165) is 5.56 Å². The molecule has 0 aliphatic rings. The smallest absolute Gasteiger partial charge is 0.165 e. The predicted molar refractivity (Wildman–Crippen MR) is 77.9 cm³/mol.